The van der Waals surface area contributed by atoms with Crippen molar-refractivity contribution in [2.24, 2.45) is 0 Å². The van der Waals surface area contributed by atoms with E-state index in [1.807, 2.05) is 6.92 Å². The van der Waals surface area contributed by atoms with Gasteiger partial charge in [-0.15, -0.1) is 0 Å². The maximum absolute atomic E-state index is 13.7. The fourth-order valence-corrected chi connectivity index (χ4v) is 2.67. The summed E-state index contributed by atoms with van der Waals surface area (Å²) in [6.45, 7) is 3.59. The van der Waals surface area contributed by atoms with Crippen molar-refractivity contribution in [2.75, 3.05) is 19.3 Å². The molecule has 0 saturated carbocycles. The van der Waals surface area contributed by atoms with E-state index in [2.05, 4.69) is 5.32 Å². The predicted octanol–water partition coefficient (Wildman–Crippen LogP) is 1.46. The van der Waals surface area contributed by atoms with Crippen LogP contribution >= 0.6 is 0 Å². The van der Waals surface area contributed by atoms with Gasteiger partial charge in [-0.1, -0.05) is 6.92 Å². The van der Waals surface area contributed by atoms with Crippen molar-refractivity contribution in [2.45, 2.75) is 31.1 Å². The maximum atomic E-state index is 13.7. The Balaban J connectivity index is 2.18. The average molecular weight is 303 g/mol. The Morgan fingerprint density at radius 2 is 2.20 bits per heavy atom. The SMILES string of the molecule is CCCNCC1OCc2cc(F)c(S(C)(=O)=O)cc2O1. The van der Waals surface area contributed by atoms with E-state index in [1.54, 1.807) is 0 Å². The molecule has 1 aliphatic rings. The van der Waals surface area contributed by atoms with Crippen LogP contribution in [0.3, 0.4) is 0 Å². The van der Waals surface area contributed by atoms with E-state index in [4.69, 9.17) is 9.47 Å². The van der Waals surface area contributed by atoms with E-state index in [0.717, 1.165) is 25.3 Å². The summed E-state index contributed by atoms with van der Waals surface area (Å²) < 4.78 is 47.7. The van der Waals surface area contributed by atoms with Crippen LogP contribution in [-0.4, -0.2) is 34.1 Å². The molecule has 0 saturated heterocycles. The monoisotopic (exact) mass is 303 g/mol. The molecule has 1 heterocycles. The summed E-state index contributed by atoms with van der Waals surface area (Å²) in [6, 6.07) is 2.39. The second-order valence-electron chi connectivity index (χ2n) is 4.73. The summed E-state index contributed by atoms with van der Waals surface area (Å²) in [5.74, 6) is -0.414. The molecule has 2 rings (SSSR count). The molecular formula is C13H18FNO4S. The molecular weight excluding hydrogens is 285 g/mol. The summed E-state index contributed by atoms with van der Waals surface area (Å²) in [5.41, 5.74) is 0.515. The Bertz CT molecular complexity index is 588. The minimum atomic E-state index is -3.62. The summed E-state index contributed by atoms with van der Waals surface area (Å²) in [4.78, 5) is -0.349. The summed E-state index contributed by atoms with van der Waals surface area (Å²) in [6.07, 6.45) is 1.47. The number of sulfone groups is 1. The lowest BCUT2D eigenvalue weighted by molar-refractivity contribution is -0.105. The second-order valence-corrected chi connectivity index (χ2v) is 6.71. The molecule has 1 N–H and O–H groups in total. The van der Waals surface area contributed by atoms with Gasteiger partial charge in [0, 0.05) is 17.9 Å². The van der Waals surface area contributed by atoms with Crippen LogP contribution in [0.2, 0.25) is 0 Å². The second kappa shape index (κ2) is 6.07. The lowest BCUT2D eigenvalue weighted by atomic mass is 10.2. The number of rotatable bonds is 5. The van der Waals surface area contributed by atoms with E-state index < -0.39 is 21.9 Å². The lowest BCUT2D eigenvalue weighted by Gasteiger charge is -2.27. The first-order chi connectivity index (χ1) is 9.41. The van der Waals surface area contributed by atoms with Crippen molar-refractivity contribution in [1.82, 2.24) is 5.32 Å². The first-order valence-corrected chi connectivity index (χ1v) is 8.32. The average Bonchev–Trinajstić information content (AvgIpc) is 2.37. The predicted molar refractivity (Wildman–Crippen MR) is 71.9 cm³/mol. The van der Waals surface area contributed by atoms with Gasteiger partial charge in [-0.3, -0.25) is 0 Å². The van der Waals surface area contributed by atoms with E-state index in [9.17, 15) is 12.8 Å². The number of halogens is 1. The van der Waals surface area contributed by atoms with Gasteiger partial charge in [-0.25, -0.2) is 12.8 Å². The lowest BCUT2D eigenvalue weighted by Crippen LogP contribution is -2.36. The molecule has 0 radical (unpaired) electrons. The van der Waals surface area contributed by atoms with Gasteiger partial charge in [-0.2, -0.15) is 0 Å². The quantitative estimate of drug-likeness (QED) is 0.834. The van der Waals surface area contributed by atoms with Gasteiger partial charge >= 0.3 is 0 Å². The van der Waals surface area contributed by atoms with Crippen LogP contribution in [0.1, 0.15) is 18.9 Å². The standard InChI is InChI=1S/C13H18FNO4S/c1-3-4-15-7-13-18-8-9-5-10(14)12(20(2,16)17)6-11(9)19-13/h5-6,13,15H,3-4,7-8H2,1-2H3. The molecule has 0 aromatic heterocycles. The van der Waals surface area contributed by atoms with Crippen LogP contribution in [0.4, 0.5) is 4.39 Å². The van der Waals surface area contributed by atoms with Gasteiger partial charge in [0.25, 0.3) is 0 Å². The van der Waals surface area contributed by atoms with Crippen molar-refractivity contribution in [1.29, 1.82) is 0 Å². The molecule has 1 aliphatic heterocycles. The number of hydrogen-bond donors (Lipinski definition) is 1. The molecule has 20 heavy (non-hydrogen) atoms. The third-order valence-corrected chi connectivity index (χ3v) is 4.05. The van der Waals surface area contributed by atoms with Crippen molar-refractivity contribution in [3.8, 4) is 5.75 Å². The minimum Gasteiger partial charge on any atom is -0.463 e. The van der Waals surface area contributed by atoms with Gasteiger partial charge in [0.2, 0.25) is 6.29 Å². The molecule has 1 aromatic rings. The fraction of sp³-hybridized carbons (Fsp3) is 0.538. The fourth-order valence-electron chi connectivity index (χ4n) is 1.94. The Hall–Kier alpha value is -1.18. The highest BCUT2D eigenvalue weighted by Gasteiger charge is 2.24. The molecule has 1 aromatic carbocycles. The molecule has 0 spiro atoms. The number of nitrogens with one attached hydrogen (secondary N) is 1. The molecule has 1 atom stereocenters. The summed E-state index contributed by atoms with van der Waals surface area (Å²) >= 11 is 0. The summed E-state index contributed by atoms with van der Waals surface area (Å²) in [5, 5.41) is 3.15. The zero-order valence-electron chi connectivity index (χ0n) is 11.5. The number of fused-ring (bicyclic) bond motifs is 1. The highest BCUT2D eigenvalue weighted by molar-refractivity contribution is 7.90. The topological polar surface area (TPSA) is 64.6 Å². The van der Waals surface area contributed by atoms with E-state index >= 15 is 0 Å². The molecule has 5 nitrogen and oxygen atoms in total. The Kier molecular flexibility index (Phi) is 4.62. The van der Waals surface area contributed by atoms with Gasteiger partial charge in [0.15, 0.2) is 9.84 Å². The Labute approximate surface area is 118 Å². The highest BCUT2D eigenvalue weighted by Crippen LogP contribution is 2.30. The van der Waals surface area contributed by atoms with Gasteiger partial charge < -0.3 is 14.8 Å². The third-order valence-electron chi connectivity index (χ3n) is 2.94. The number of ether oxygens (including phenoxy) is 2. The van der Waals surface area contributed by atoms with E-state index in [0.29, 0.717) is 17.9 Å². The van der Waals surface area contributed by atoms with Gasteiger partial charge in [0.05, 0.1) is 13.2 Å². The van der Waals surface area contributed by atoms with Crippen LogP contribution < -0.4 is 10.1 Å². The molecule has 1 unspecified atom stereocenters. The molecule has 7 heteroatoms. The first kappa shape index (κ1) is 15.2. The van der Waals surface area contributed by atoms with Crippen molar-refractivity contribution in [3.05, 3.63) is 23.5 Å². The van der Waals surface area contributed by atoms with Crippen LogP contribution in [0.5, 0.6) is 5.75 Å². The third kappa shape index (κ3) is 3.47. The van der Waals surface area contributed by atoms with Crippen molar-refractivity contribution >= 4 is 9.84 Å². The minimum absolute atomic E-state index is 0.203. The number of hydrogen-bond acceptors (Lipinski definition) is 5. The van der Waals surface area contributed by atoms with E-state index in [1.165, 1.54) is 6.07 Å². The molecule has 0 bridgehead atoms. The smallest absolute Gasteiger partial charge is 0.212 e. The van der Waals surface area contributed by atoms with Crippen molar-refractivity contribution in [3.63, 3.8) is 0 Å². The highest BCUT2D eigenvalue weighted by atomic mass is 32.2. The van der Waals surface area contributed by atoms with E-state index in [-0.39, 0.29) is 11.5 Å². The first-order valence-electron chi connectivity index (χ1n) is 6.43. The molecule has 0 aliphatic carbocycles. The van der Waals surface area contributed by atoms with Crippen LogP contribution in [0, 0.1) is 5.82 Å². The van der Waals surface area contributed by atoms with Crippen LogP contribution in [0.25, 0.3) is 0 Å². The van der Waals surface area contributed by atoms with Crippen molar-refractivity contribution < 1.29 is 22.3 Å². The van der Waals surface area contributed by atoms with Crippen LogP contribution in [0.15, 0.2) is 17.0 Å². The zero-order chi connectivity index (χ0) is 14.8. The maximum Gasteiger partial charge on any atom is 0.212 e. The largest absolute Gasteiger partial charge is 0.463 e. The summed E-state index contributed by atoms with van der Waals surface area (Å²) in [7, 11) is -3.62. The molecule has 0 amide bonds. The van der Waals surface area contributed by atoms with Gasteiger partial charge in [-0.05, 0) is 19.0 Å². The Morgan fingerprint density at radius 3 is 2.85 bits per heavy atom. The zero-order valence-corrected chi connectivity index (χ0v) is 12.3. The molecule has 112 valence electrons. The van der Waals surface area contributed by atoms with Gasteiger partial charge in [0.1, 0.15) is 16.5 Å². The molecule has 0 fully saturated rings. The number of benzene rings is 1. The van der Waals surface area contributed by atoms with Crippen LogP contribution in [-0.2, 0) is 21.2 Å². The normalized spacial score (nSPS) is 18.4. The Morgan fingerprint density at radius 1 is 1.45 bits per heavy atom.